The molecule has 1 aromatic carbocycles. The first-order valence-electron chi connectivity index (χ1n) is 6.30. The number of likely N-dealkylation sites (N-methyl/N-ethyl adjacent to an activating group) is 1. The van der Waals surface area contributed by atoms with E-state index in [0.717, 1.165) is 13.0 Å². The Hall–Kier alpha value is -1.10. The molecule has 1 atom stereocenters. The van der Waals surface area contributed by atoms with Crippen molar-refractivity contribution in [2.24, 2.45) is 0 Å². The van der Waals surface area contributed by atoms with Gasteiger partial charge in [0.25, 0.3) is 0 Å². The number of carbonyl (C=O) groups is 1. The SMILES string of the molecule is CCNC(=O)C1Cc2c(sc3ccccc23)CN1.Cl. The van der Waals surface area contributed by atoms with Crippen LogP contribution in [-0.4, -0.2) is 18.5 Å². The van der Waals surface area contributed by atoms with Crippen LogP contribution in [0.25, 0.3) is 10.1 Å². The van der Waals surface area contributed by atoms with Crippen LogP contribution >= 0.6 is 23.7 Å². The Balaban J connectivity index is 0.00000133. The molecule has 5 heteroatoms. The number of hydrogen-bond donors (Lipinski definition) is 2. The van der Waals surface area contributed by atoms with E-state index in [1.54, 1.807) is 0 Å². The number of benzene rings is 1. The van der Waals surface area contributed by atoms with Crippen molar-refractivity contribution in [3.63, 3.8) is 0 Å². The second-order valence-electron chi connectivity index (χ2n) is 4.53. The number of thiophene rings is 1. The highest BCUT2D eigenvalue weighted by Crippen LogP contribution is 2.34. The van der Waals surface area contributed by atoms with Gasteiger partial charge in [-0.2, -0.15) is 0 Å². The van der Waals surface area contributed by atoms with Gasteiger partial charge < -0.3 is 10.6 Å². The van der Waals surface area contributed by atoms with Crippen LogP contribution in [-0.2, 0) is 17.8 Å². The van der Waals surface area contributed by atoms with Gasteiger partial charge in [-0.25, -0.2) is 0 Å². The molecule has 1 aliphatic heterocycles. The standard InChI is InChI=1S/C14H16N2OS.ClH/c1-2-15-14(17)11-7-10-9-5-3-4-6-12(9)18-13(10)8-16-11;/h3-6,11,16H,2,7-8H2,1H3,(H,15,17);1H. The average Bonchev–Trinajstić information content (AvgIpc) is 2.76. The van der Waals surface area contributed by atoms with E-state index in [9.17, 15) is 4.79 Å². The fourth-order valence-corrected chi connectivity index (χ4v) is 3.68. The van der Waals surface area contributed by atoms with E-state index in [1.165, 1.54) is 20.5 Å². The van der Waals surface area contributed by atoms with Crippen LogP contribution in [0.1, 0.15) is 17.4 Å². The van der Waals surface area contributed by atoms with Crippen LogP contribution in [0.5, 0.6) is 0 Å². The van der Waals surface area contributed by atoms with Gasteiger partial charge in [0, 0.05) is 22.7 Å². The monoisotopic (exact) mass is 296 g/mol. The maximum atomic E-state index is 11.9. The molecule has 0 radical (unpaired) electrons. The van der Waals surface area contributed by atoms with Crippen molar-refractivity contribution >= 4 is 39.7 Å². The normalized spacial score (nSPS) is 17.6. The molecule has 3 rings (SSSR count). The molecule has 102 valence electrons. The summed E-state index contributed by atoms with van der Waals surface area (Å²) >= 11 is 1.83. The van der Waals surface area contributed by atoms with E-state index < -0.39 is 0 Å². The molecule has 3 nitrogen and oxygen atoms in total. The molecule has 1 aromatic heterocycles. The lowest BCUT2D eigenvalue weighted by atomic mass is 9.98. The zero-order chi connectivity index (χ0) is 12.5. The minimum absolute atomic E-state index is 0. The number of nitrogens with one attached hydrogen (secondary N) is 2. The van der Waals surface area contributed by atoms with Gasteiger partial charge in [-0.3, -0.25) is 4.79 Å². The smallest absolute Gasteiger partial charge is 0.237 e. The molecule has 2 aromatic rings. The lowest BCUT2D eigenvalue weighted by Gasteiger charge is -2.23. The van der Waals surface area contributed by atoms with Gasteiger partial charge >= 0.3 is 0 Å². The molecule has 2 heterocycles. The zero-order valence-electron chi connectivity index (χ0n) is 10.7. The molecule has 1 unspecified atom stereocenters. The fraction of sp³-hybridized carbons (Fsp3) is 0.357. The molecular weight excluding hydrogens is 280 g/mol. The minimum Gasteiger partial charge on any atom is -0.355 e. The van der Waals surface area contributed by atoms with Gasteiger partial charge in [-0.05, 0) is 30.4 Å². The van der Waals surface area contributed by atoms with Gasteiger partial charge in [-0.1, -0.05) is 18.2 Å². The Morgan fingerprint density at radius 3 is 3.05 bits per heavy atom. The molecule has 0 saturated heterocycles. The summed E-state index contributed by atoms with van der Waals surface area (Å²) in [7, 11) is 0. The molecule has 0 bridgehead atoms. The summed E-state index contributed by atoms with van der Waals surface area (Å²) in [5.41, 5.74) is 1.35. The highest BCUT2D eigenvalue weighted by atomic mass is 35.5. The van der Waals surface area contributed by atoms with E-state index in [4.69, 9.17) is 0 Å². The zero-order valence-corrected chi connectivity index (χ0v) is 12.4. The van der Waals surface area contributed by atoms with Crippen molar-refractivity contribution < 1.29 is 4.79 Å². The van der Waals surface area contributed by atoms with Crippen molar-refractivity contribution in [1.82, 2.24) is 10.6 Å². The number of rotatable bonds is 2. The number of hydrogen-bond acceptors (Lipinski definition) is 3. The molecule has 2 N–H and O–H groups in total. The van der Waals surface area contributed by atoms with Gasteiger partial charge in [0.05, 0.1) is 6.04 Å². The molecule has 0 spiro atoms. The first kappa shape index (κ1) is 14.3. The maximum absolute atomic E-state index is 11.9. The Bertz CT molecular complexity index is 596. The summed E-state index contributed by atoms with van der Waals surface area (Å²) in [6, 6.07) is 8.36. The van der Waals surface area contributed by atoms with Crippen LogP contribution < -0.4 is 10.6 Å². The largest absolute Gasteiger partial charge is 0.355 e. The van der Waals surface area contributed by atoms with Crippen LogP contribution in [0.4, 0.5) is 0 Å². The molecule has 0 aliphatic carbocycles. The van der Waals surface area contributed by atoms with Crippen LogP contribution in [0, 0.1) is 0 Å². The lowest BCUT2D eigenvalue weighted by molar-refractivity contribution is -0.123. The summed E-state index contributed by atoms with van der Waals surface area (Å²) in [6.45, 7) is 3.44. The van der Waals surface area contributed by atoms with Gasteiger partial charge in [0.15, 0.2) is 0 Å². The number of fused-ring (bicyclic) bond motifs is 3. The van der Waals surface area contributed by atoms with Crippen LogP contribution in [0.15, 0.2) is 24.3 Å². The summed E-state index contributed by atoms with van der Waals surface area (Å²) in [5.74, 6) is 0.110. The Labute approximate surface area is 122 Å². The molecular formula is C14H17ClN2OS. The lowest BCUT2D eigenvalue weighted by Crippen LogP contribution is -2.47. The minimum atomic E-state index is -0.0875. The molecule has 1 amide bonds. The maximum Gasteiger partial charge on any atom is 0.237 e. The van der Waals surface area contributed by atoms with Gasteiger partial charge in [0.2, 0.25) is 5.91 Å². The Kier molecular flexibility index (Phi) is 4.45. The molecule has 0 saturated carbocycles. The van der Waals surface area contributed by atoms with Gasteiger partial charge in [0.1, 0.15) is 0 Å². The van der Waals surface area contributed by atoms with E-state index in [-0.39, 0.29) is 24.4 Å². The number of amides is 1. The molecule has 19 heavy (non-hydrogen) atoms. The van der Waals surface area contributed by atoms with Crippen LogP contribution in [0.2, 0.25) is 0 Å². The van der Waals surface area contributed by atoms with Crippen molar-refractivity contribution in [3.8, 4) is 0 Å². The second kappa shape index (κ2) is 5.90. The van der Waals surface area contributed by atoms with Crippen molar-refractivity contribution in [2.45, 2.75) is 25.9 Å². The topological polar surface area (TPSA) is 41.1 Å². The molecule has 1 aliphatic rings. The van der Waals surface area contributed by atoms with E-state index in [1.807, 2.05) is 18.3 Å². The van der Waals surface area contributed by atoms with Crippen molar-refractivity contribution in [3.05, 3.63) is 34.7 Å². The van der Waals surface area contributed by atoms with E-state index in [0.29, 0.717) is 6.54 Å². The van der Waals surface area contributed by atoms with Gasteiger partial charge in [-0.15, -0.1) is 23.7 Å². The van der Waals surface area contributed by atoms with Crippen molar-refractivity contribution in [2.75, 3.05) is 6.54 Å². The summed E-state index contributed by atoms with van der Waals surface area (Å²) in [6.07, 6.45) is 0.797. The third kappa shape index (κ3) is 2.61. The highest BCUT2D eigenvalue weighted by molar-refractivity contribution is 7.19. The van der Waals surface area contributed by atoms with E-state index >= 15 is 0 Å². The quantitative estimate of drug-likeness (QED) is 0.894. The first-order chi connectivity index (χ1) is 8.79. The highest BCUT2D eigenvalue weighted by Gasteiger charge is 2.26. The Morgan fingerprint density at radius 1 is 1.47 bits per heavy atom. The predicted molar refractivity (Wildman–Crippen MR) is 82.1 cm³/mol. The third-order valence-corrected chi connectivity index (χ3v) is 4.58. The number of halogens is 1. The van der Waals surface area contributed by atoms with E-state index in [2.05, 4.69) is 34.9 Å². The third-order valence-electron chi connectivity index (χ3n) is 3.37. The average molecular weight is 297 g/mol. The van der Waals surface area contributed by atoms with Crippen molar-refractivity contribution in [1.29, 1.82) is 0 Å². The summed E-state index contributed by atoms with van der Waals surface area (Å²) in [5, 5.41) is 7.52. The second-order valence-corrected chi connectivity index (χ2v) is 5.67. The van der Waals surface area contributed by atoms with Crippen LogP contribution in [0.3, 0.4) is 0 Å². The molecule has 0 fully saturated rings. The number of carbonyl (C=O) groups excluding carboxylic acids is 1. The summed E-state index contributed by atoms with van der Waals surface area (Å²) < 4.78 is 1.32. The predicted octanol–water partition coefficient (Wildman–Crippen LogP) is 2.47. The summed E-state index contributed by atoms with van der Waals surface area (Å²) in [4.78, 5) is 13.3. The first-order valence-corrected chi connectivity index (χ1v) is 7.11. The fourth-order valence-electron chi connectivity index (χ4n) is 2.49. The Morgan fingerprint density at radius 2 is 2.26 bits per heavy atom.